The minimum atomic E-state index is -1.83. The third-order valence-electron chi connectivity index (χ3n) is 0. The Balaban J connectivity index is -0.0000000480. The Labute approximate surface area is 70.4 Å². The van der Waals surface area contributed by atoms with Crippen LogP contribution < -0.4 is 0 Å². The molecule has 0 amide bonds. The number of rotatable bonds is 0. The van der Waals surface area contributed by atoms with Crippen molar-refractivity contribution >= 4 is 51.9 Å². The standard InChI is InChI=1S/CH2O3.Al.Na.O.2H/c2-1(3)4;;;;;/h(H2,2,3,4);;;;;. The van der Waals surface area contributed by atoms with Gasteiger partial charge in [-0.2, -0.15) is 0 Å². The van der Waals surface area contributed by atoms with Gasteiger partial charge in [0, 0.05) is 0 Å². The maximum atomic E-state index is 8.56. The molecule has 0 aromatic heterocycles. The Bertz CT molecular complexity index is 43.0. The van der Waals surface area contributed by atoms with Crippen molar-refractivity contribution in [1.29, 1.82) is 0 Å². The summed E-state index contributed by atoms with van der Waals surface area (Å²) in [7, 11) is 0. The molecule has 0 saturated heterocycles. The second-order valence-electron chi connectivity index (χ2n) is 0.283. The number of carboxylic acid groups (broad SMARTS) is 2. The van der Waals surface area contributed by atoms with Gasteiger partial charge in [0.1, 0.15) is 0 Å². The fourth-order valence-electron chi connectivity index (χ4n) is 0. The average molecular weight is 130 g/mol. The zero-order valence-electron chi connectivity index (χ0n) is 2.92. The summed E-state index contributed by atoms with van der Waals surface area (Å²) in [6.45, 7) is 0. The molecule has 0 aliphatic heterocycles. The first-order chi connectivity index (χ1) is 2.73. The van der Waals surface area contributed by atoms with E-state index in [0.29, 0.717) is 16.2 Å². The summed E-state index contributed by atoms with van der Waals surface area (Å²) >= 11 is 0.611. The number of hydrogen-bond acceptors (Lipinski definition) is 2. The molecule has 0 heterocycles. The molecule has 36 valence electrons. The van der Waals surface area contributed by atoms with Gasteiger partial charge in [-0.1, -0.05) is 0 Å². The summed E-state index contributed by atoms with van der Waals surface area (Å²) in [4.78, 5) is 8.56. The van der Waals surface area contributed by atoms with Gasteiger partial charge in [-0.25, -0.2) is 4.79 Å². The van der Waals surface area contributed by atoms with Crippen molar-refractivity contribution in [3.05, 3.63) is 0 Å². The second-order valence-corrected chi connectivity index (χ2v) is 0.283. The van der Waals surface area contributed by atoms with E-state index in [1.165, 1.54) is 0 Å². The molecule has 0 rings (SSSR count). The molecule has 0 atom stereocenters. The minimum absolute atomic E-state index is 0. The third-order valence-corrected chi connectivity index (χ3v) is 0. The van der Waals surface area contributed by atoms with E-state index in [4.69, 9.17) is 18.8 Å². The third kappa shape index (κ3) is 385. The van der Waals surface area contributed by atoms with Crippen LogP contribution in [0.1, 0.15) is 0 Å². The maximum absolute atomic E-state index is 8.56. The fourth-order valence-corrected chi connectivity index (χ4v) is 0. The van der Waals surface area contributed by atoms with Crippen molar-refractivity contribution in [3.63, 3.8) is 0 Å². The Hall–Kier alpha value is 0.602. The van der Waals surface area contributed by atoms with Gasteiger partial charge in [-0.05, 0) is 0 Å². The van der Waals surface area contributed by atoms with Crippen molar-refractivity contribution in [2.24, 2.45) is 0 Å². The van der Waals surface area contributed by atoms with Crippen molar-refractivity contribution < 1.29 is 18.8 Å². The predicted octanol–water partition coefficient (Wildman–Crippen LogP) is -1.19. The van der Waals surface area contributed by atoms with E-state index in [0.717, 1.165) is 0 Å². The molecule has 0 aliphatic carbocycles. The second kappa shape index (κ2) is 16.0. The molecule has 0 aliphatic rings. The zero-order chi connectivity index (χ0) is 5.58. The Morgan fingerprint density at radius 3 is 1.29 bits per heavy atom. The SMILES string of the molecule is O=C(O)O.[NaH].[O]=[AlH]. The molecular formula is CH4AlNaO4. The summed E-state index contributed by atoms with van der Waals surface area (Å²) in [5.41, 5.74) is 0. The van der Waals surface area contributed by atoms with E-state index in [9.17, 15) is 0 Å². The van der Waals surface area contributed by atoms with E-state index >= 15 is 0 Å². The van der Waals surface area contributed by atoms with Gasteiger partial charge < -0.3 is 10.2 Å². The van der Waals surface area contributed by atoms with Gasteiger partial charge in [-0.3, -0.25) is 0 Å². The summed E-state index contributed by atoms with van der Waals surface area (Å²) in [5.74, 6) is 0. The van der Waals surface area contributed by atoms with Crippen molar-refractivity contribution in [2.75, 3.05) is 0 Å². The average Bonchev–Trinajstić information content (AvgIpc) is 1.41. The molecule has 4 nitrogen and oxygen atoms in total. The fraction of sp³-hybridized carbons (Fsp3) is 0. The van der Waals surface area contributed by atoms with Gasteiger partial charge in [0.2, 0.25) is 0 Å². The molecule has 2 N–H and O–H groups in total. The zero-order valence-corrected chi connectivity index (χ0v) is 4.33. The molecule has 0 unspecified atom stereocenters. The van der Waals surface area contributed by atoms with Crippen LogP contribution in [0.4, 0.5) is 4.79 Å². The first-order valence-electron chi connectivity index (χ1n) is 0.940. The van der Waals surface area contributed by atoms with Crippen molar-refractivity contribution in [1.82, 2.24) is 0 Å². The molecule has 7 heavy (non-hydrogen) atoms. The molecule has 0 radical (unpaired) electrons. The summed E-state index contributed by atoms with van der Waals surface area (Å²) in [5, 5.41) is 13.9. The van der Waals surface area contributed by atoms with Crippen LogP contribution in [0.3, 0.4) is 0 Å². The first kappa shape index (κ1) is 15.6. The molecule has 0 fully saturated rings. The van der Waals surface area contributed by atoms with Crippen LogP contribution in [0.5, 0.6) is 0 Å². The molecule has 0 aromatic rings. The summed E-state index contributed by atoms with van der Waals surface area (Å²) < 4.78 is 8.28. The molecule has 0 aromatic carbocycles. The Morgan fingerprint density at radius 2 is 1.29 bits per heavy atom. The first-order valence-corrected chi connectivity index (χ1v) is 1.52. The Morgan fingerprint density at radius 1 is 1.29 bits per heavy atom. The van der Waals surface area contributed by atoms with Gasteiger partial charge >= 0.3 is 55.7 Å². The van der Waals surface area contributed by atoms with Crippen LogP contribution in [-0.4, -0.2) is 62.2 Å². The number of hydrogen-bond donors (Lipinski definition) is 2. The van der Waals surface area contributed by atoms with Crippen molar-refractivity contribution in [3.8, 4) is 0 Å². The van der Waals surface area contributed by atoms with E-state index < -0.39 is 6.16 Å². The van der Waals surface area contributed by atoms with Gasteiger partial charge in [0.05, 0.1) is 0 Å². The van der Waals surface area contributed by atoms with E-state index in [1.54, 1.807) is 0 Å². The molecule has 0 spiro atoms. The van der Waals surface area contributed by atoms with Gasteiger partial charge in [-0.15, -0.1) is 0 Å². The van der Waals surface area contributed by atoms with Crippen LogP contribution in [0.2, 0.25) is 0 Å². The number of carbonyl (C=O) groups is 1. The summed E-state index contributed by atoms with van der Waals surface area (Å²) in [6, 6.07) is 0. The monoisotopic (exact) mass is 130 g/mol. The van der Waals surface area contributed by atoms with Crippen LogP contribution >= 0.6 is 0 Å². The van der Waals surface area contributed by atoms with E-state index in [1.807, 2.05) is 0 Å². The van der Waals surface area contributed by atoms with Crippen molar-refractivity contribution in [2.45, 2.75) is 0 Å². The molecule has 0 bridgehead atoms. The van der Waals surface area contributed by atoms with Crippen LogP contribution in [-0.2, 0) is 3.80 Å². The van der Waals surface area contributed by atoms with E-state index in [-0.39, 0.29) is 29.6 Å². The van der Waals surface area contributed by atoms with Gasteiger partial charge in [0.15, 0.2) is 0 Å². The molecular weight excluding hydrogens is 126 g/mol. The predicted molar refractivity (Wildman–Crippen MR) is 25.6 cm³/mol. The van der Waals surface area contributed by atoms with Crippen LogP contribution in [0, 0.1) is 0 Å². The normalized spacial score (nSPS) is 3.86. The molecule has 6 heteroatoms. The molecule has 0 saturated carbocycles. The van der Waals surface area contributed by atoms with Crippen LogP contribution in [0.15, 0.2) is 0 Å². The summed E-state index contributed by atoms with van der Waals surface area (Å²) in [6.07, 6.45) is -1.83. The quantitative estimate of drug-likeness (QED) is 0.404. The Kier molecular flexibility index (Phi) is 35.7. The topological polar surface area (TPSA) is 74.6 Å². The van der Waals surface area contributed by atoms with Gasteiger partial charge in [0.25, 0.3) is 0 Å². The van der Waals surface area contributed by atoms with E-state index in [2.05, 4.69) is 0 Å². The van der Waals surface area contributed by atoms with Crippen LogP contribution in [0.25, 0.3) is 0 Å².